The van der Waals surface area contributed by atoms with Crippen molar-refractivity contribution in [1.29, 1.82) is 0 Å². The van der Waals surface area contributed by atoms with Crippen LogP contribution in [-0.4, -0.2) is 13.7 Å². The largest absolute Gasteiger partial charge is 0.495 e. The molecule has 0 heterocycles. The molecule has 0 saturated carbocycles. The van der Waals surface area contributed by atoms with Crippen LogP contribution in [0.15, 0.2) is 36.4 Å². The van der Waals surface area contributed by atoms with Crippen LogP contribution in [0.4, 0.5) is 21.5 Å². The lowest BCUT2D eigenvalue weighted by Crippen LogP contribution is -2.02. The molecule has 0 aliphatic carbocycles. The number of halogens is 1. The maximum atomic E-state index is 13.6. The highest BCUT2D eigenvalue weighted by molar-refractivity contribution is 5.76. The van der Waals surface area contributed by atoms with Gasteiger partial charge in [-0.1, -0.05) is 12.1 Å². The number of hydrogen-bond donors (Lipinski definition) is 2. The summed E-state index contributed by atoms with van der Waals surface area (Å²) in [5.74, 6) is 0.364. The molecule has 5 heteroatoms. The van der Waals surface area contributed by atoms with Crippen LogP contribution in [0, 0.1) is 5.82 Å². The zero-order valence-electron chi connectivity index (χ0n) is 11.4. The summed E-state index contributed by atoms with van der Waals surface area (Å²) >= 11 is 0. The fourth-order valence-electron chi connectivity index (χ4n) is 1.84. The maximum absolute atomic E-state index is 13.6. The fourth-order valence-corrected chi connectivity index (χ4v) is 1.84. The first-order chi connectivity index (χ1) is 9.65. The van der Waals surface area contributed by atoms with Crippen molar-refractivity contribution in [2.45, 2.75) is 6.92 Å². The van der Waals surface area contributed by atoms with Gasteiger partial charge in [0, 0.05) is 12.1 Å². The molecule has 0 aliphatic rings. The van der Waals surface area contributed by atoms with E-state index in [9.17, 15) is 4.39 Å². The Balaban J connectivity index is 2.35. The van der Waals surface area contributed by atoms with Crippen molar-refractivity contribution in [2.75, 3.05) is 24.8 Å². The minimum Gasteiger partial charge on any atom is -0.495 e. The Morgan fingerprint density at radius 2 is 1.90 bits per heavy atom. The highest BCUT2D eigenvalue weighted by Gasteiger charge is 2.10. The van der Waals surface area contributed by atoms with Crippen molar-refractivity contribution >= 4 is 17.1 Å². The SMILES string of the molecule is CCOc1cc(Nc2ccccc2OC)c(N)cc1F. The van der Waals surface area contributed by atoms with Crippen molar-refractivity contribution < 1.29 is 13.9 Å². The van der Waals surface area contributed by atoms with E-state index in [1.807, 2.05) is 24.3 Å². The summed E-state index contributed by atoms with van der Waals surface area (Å²) in [6, 6.07) is 10.2. The molecule has 20 heavy (non-hydrogen) atoms. The molecule has 4 nitrogen and oxygen atoms in total. The summed E-state index contributed by atoms with van der Waals surface area (Å²) in [4.78, 5) is 0. The standard InChI is InChI=1S/C15H17FN2O2/c1-3-20-15-9-13(11(17)8-10(15)16)18-12-6-4-5-7-14(12)19-2/h4-9,18H,3,17H2,1-2H3. The van der Waals surface area contributed by atoms with Gasteiger partial charge in [-0.15, -0.1) is 0 Å². The topological polar surface area (TPSA) is 56.5 Å². The minimum absolute atomic E-state index is 0.166. The molecule has 2 aromatic rings. The van der Waals surface area contributed by atoms with Crippen LogP contribution in [0.25, 0.3) is 0 Å². The van der Waals surface area contributed by atoms with Crippen molar-refractivity contribution in [2.24, 2.45) is 0 Å². The first-order valence-corrected chi connectivity index (χ1v) is 6.27. The Kier molecular flexibility index (Phi) is 4.30. The van der Waals surface area contributed by atoms with Crippen molar-refractivity contribution in [3.8, 4) is 11.5 Å². The Hall–Kier alpha value is -2.43. The van der Waals surface area contributed by atoms with E-state index in [0.717, 1.165) is 5.69 Å². The number of rotatable bonds is 5. The number of para-hydroxylation sites is 2. The Labute approximate surface area is 117 Å². The number of methoxy groups -OCH3 is 1. The van der Waals surface area contributed by atoms with Gasteiger partial charge >= 0.3 is 0 Å². The number of nitrogens with two attached hydrogens (primary N) is 1. The molecule has 3 N–H and O–H groups in total. The molecular formula is C15H17FN2O2. The fraction of sp³-hybridized carbons (Fsp3) is 0.200. The Morgan fingerprint density at radius 1 is 1.15 bits per heavy atom. The van der Waals surface area contributed by atoms with E-state index in [0.29, 0.717) is 23.7 Å². The molecule has 0 aliphatic heterocycles. The number of benzene rings is 2. The van der Waals surface area contributed by atoms with Crippen molar-refractivity contribution in [1.82, 2.24) is 0 Å². The first kappa shape index (κ1) is 14.0. The van der Waals surface area contributed by atoms with E-state index in [-0.39, 0.29) is 5.75 Å². The van der Waals surface area contributed by atoms with Gasteiger partial charge in [0.25, 0.3) is 0 Å². The number of ether oxygens (including phenoxy) is 2. The molecule has 106 valence electrons. The number of nitrogens with one attached hydrogen (secondary N) is 1. The van der Waals surface area contributed by atoms with Crippen LogP contribution in [0.2, 0.25) is 0 Å². The molecule has 2 aromatic carbocycles. The van der Waals surface area contributed by atoms with Gasteiger partial charge in [0.2, 0.25) is 0 Å². The van der Waals surface area contributed by atoms with Gasteiger partial charge in [-0.05, 0) is 19.1 Å². The summed E-state index contributed by atoms with van der Waals surface area (Å²) in [5, 5.41) is 3.12. The lowest BCUT2D eigenvalue weighted by molar-refractivity contribution is 0.322. The van der Waals surface area contributed by atoms with Gasteiger partial charge < -0.3 is 20.5 Å². The van der Waals surface area contributed by atoms with E-state index in [1.165, 1.54) is 6.07 Å². The van der Waals surface area contributed by atoms with E-state index >= 15 is 0 Å². The van der Waals surface area contributed by atoms with Crippen LogP contribution in [0.3, 0.4) is 0 Å². The summed E-state index contributed by atoms with van der Waals surface area (Å²) in [5.41, 5.74) is 7.44. The van der Waals surface area contributed by atoms with Crippen molar-refractivity contribution in [3.05, 3.63) is 42.2 Å². The third kappa shape index (κ3) is 2.93. The van der Waals surface area contributed by atoms with Gasteiger partial charge in [-0.2, -0.15) is 0 Å². The Morgan fingerprint density at radius 3 is 2.60 bits per heavy atom. The second-order valence-electron chi connectivity index (χ2n) is 4.13. The molecule has 0 unspecified atom stereocenters. The zero-order valence-corrected chi connectivity index (χ0v) is 11.4. The van der Waals surface area contributed by atoms with Crippen LogP contribution in [0.1, 0.15) is 6.92 Å². The maximum Gasteiger partial charge on any atom is 0.167 e. The van der Waals surface area contributed by atoms with Gasteiger partial charge in [0.15, 0.2) is 11.6 Å². The summed E-state index contributed by atoms with van der Waals surface area (Å²) < 4.78 is 24.1. The van der Waals surface area contributed by atoms with Gasteiger partial charge in [0.05, 0.1) is 30.8 Å². The number of nitrogen functional groups attached to an aromatic ring is 1. The van der Waals surface area contributed by atoms with Gasteiger partial charge in [0.1, 0.15) is 5.75 Å². The normalized spacial score (nSPS) is 10.2. The predicted molar refractivity (Wildman–Crippen MR) is 78.3 cm³/mol. The monoisotopic (exact) mass is 276 g/mol. The molecule has 0 spiro atoms. The molecule has 0 saturated heterocycles. The van der Waals surface area contributed by atoms with Gasteiger partial charge in [-0.25, -0.2) is 4.39 Å². The quantitative estimate of drug-likeness (QED) is 0.820. The molecule has 0 atom stereocenters. The van der Waals surface area contributed by atoms with Crippen LogP contribution >= 0.6 is 0 Å². The van der Waals surface area contributed by atoms with E-state index in [2.05, 4.69) is 5.32 Å². The molecule has 2 rings (SSSR count). The molecule has 0 aromatic heterocycles. The van der Waals surface area contributed by atoms with E-state index in [1.54, 1.807) is 20.1 Å². The average Bonchev–Trinajstić information content (AvgIpc) is 2.45. The minimum atomic E-state index is -0.477. The Bertz CT molecular complexity index is 602. The molecule has 0 bridgehead atoms. The molecule has 0 amide bonds. The predicted octanol–water partition coefficient (Wildman–Crippen LogP) is 3.56. The van der Waals surface area contributed by atoms with E-state index in [4.69, 9.17) is 15.2 Å². The second kappa shape index (κ2) is 6.14. The number of hydrogen-bond acceptors (Lipinski definition) is 4. The molecular weight excluding hydrogens is 259 g/mol. The summed E-state index contributed by atoms with van der Waals surface area (Å²) in [6.45, 7) is 2.18. The highest BCUT2D eigenvalue weighted by atomic mass is 19.1. The lowest BCUT2D eigenvalue weighted by Gasteiger charge is -2.14. The third-order valence-electron chi connectivity index (χ3n) is 2.78. The smallest absolute Gasteiger partial charge is 0.167 e. The third-order valence-corrected chi connectivity index (χ3v) is 2.78. The van der Waals surface area contributed by atoms with Crippen LogP contribution < -0.4 is 20.5 Å². The summed E-state index contributed by atoms with van der Waals surface area (Å²) in [7, 11) is 1.58. The summed E-state index contributed by atoms with van der Waals surface area (Å²) in [6.07, 6.45) is 0. The lowest BCUT2D eigenvalue weighted by atomic mass is 10.2. The van der Waals surface area contributed by atoms with Gasteiger partial charge in [-0.3, -0.25) is 0 Å². The molecule has 0 radical (unpaired) electrons. The zero-order chi connectivity index (χ0) is 14.5. The molecule has 0 fully saturated rings. The second-order valence-corrected chi connectivity index (χ2v) is 4.13. The van der Waals surface area contributed by atoms with Crippen LogP contribution in [0.5, 0.6) is 11.5 Å². The highest BCUT2D eigenvalue weighted by Crippen LogP contribution is 2.33. The first-order valence-electron chi connectivity index (χ1n) is 6.27. The van der Waals surface area contributed by atoms with E-state index < -0.39 is 5.82 Å². The van der Waals surface area contributed by atoms with Crippen LogP contribution in [-0.2, 0) is 0 Å². The number of anilines is 3. The van der Waals surface area contributed by atoms with Crippen molar-refractivity contribution in [3.63, 3.8) is 0 Å². The average molecular weight is 276 g/mol.